The Morgan fingerprint density at radius 2 is 1.89 bits per heavy atom. The molecule has 1 aromatic rings. The lowest BCUT2D eigenvalue weighted by Crippen LogP contribution is -2.72. The van der Waals surface area contributed by atoms with E-state index in [0.29, 0.717) is 13.1 Å². The Morgan fingerprint density at radius 1 is 1.22 bits per heavy atom. The molecule has 0 saturated carbocycles. The van der Waals surface area contributed by atoms with Crippen LogP contribution in [0.25, 0.3) is 0 Å². The summed E-state index contributed by atoms with van der Waals surface area (Å²) in [5, 5.41) is 0. The van der Waals surface area contributed by atoms with Crippen LogP contribution >= 0.6 is 15.9 Å². The molecule has 0 bridgehead atoms. The smallest absolute Gasteiger partial charge is 0.211 e. The van der Waals surface area contributed by atoms with Crippen LogP contribution in [0.2, 0.25) is 0 Å². The highest BCUT2D eigenvalue weighted by Crippen LogP contribution is 2.42. The fourth-order valence-electron chi connectivity index (χ4n) is 2.76. The van der Waals surface area contributed by atoms with E-state index in [0.717, 1.165) is 17.6 Å². The molecule has 1 spiro atoms. The first kappa shape index (κ1) is 12.4. The zero-order chi connectivity index (χ0) is 13.0. The first-order valence-corrected chi connectivity index (χ1v) is 8.48. The van der Waals surface area contributed by atoms with E-state index in [-0.39, 0.29) is 5.41 Å². The summed E-state index contributed by atoms with van der Waals surface area (Å²) >= 11 is 3.46. The van der Waals surface area contributed by atoms with Crippen molar-refractivity contribution in [2.45, 2.75) is 0 Å². The number of hydrogen-bond donors (Lipinski definition) is 0. The topological polar surface area (TPSA) is 40.6 Å². The number of hydrogen-bond acceptors (Lipinski definition) is 3. The van der Waals surface area contributed by atoms with Crippen LogP contribution in [0.15, 0.2) is 28.7 Å². The third-order valence-electron chi connectivity index (χ3n) is 3.72. The van der Waals surface area contributed by atoms with Crippen LogP contribution in [-0.2, 0) is 10.0 Å². The van der Waals surface area contributed by atoms with Gasteiger partial charge in [0.1, 0.15) is 0 Å². The fraction of sp³-hybridized carbons (Fsp3) is 0.500. The highest BCUT2D eigenvalue weighted by atomic mass is 79.9. The molecule has 0 aromatic heterocycles. The summed E-state index contributed by atoms with van der Waals surface area (Å²) in [7, 11) is -2.99. The van der Waals surface area contributed by atoms with Gasteiger partial charge in [-0.1, -0.05) is 22.0 Å². The van der Waals surface area contributed by atoms with E-state index in [1.165, 1.54) is 11.9 Å². The van der Waals surface area contributed by atoms with Gasteiger partial charge in [0, 0.05) is 41.8 Å². The molecule has 0 aliphatic carbocycles. The predicted octanol–water partition coefficient (Wildman–Crippen LogP) is 1.53. The molecule has 98 valence electrons. The Bertz CT molecular complexity index is 573. The van der Waals surface area contributed by atoms with E-state index in [4.69, 9.17) is 0 Å². The normalized spacial score (nSPS) is 22.7. The van der Waals surface area contributed by atoms with Crippen LogP contribution in [0.1, 0.15) is 0 Å². The lowest BCUT2D eigenvalue weighted by atomic mass is 9.74. The maximum absolute atomic E-state index is 11.3. The summed E-state index contributed by atoms with van der Waals surface area (Å²) in [6.07, 6.45) is 1.28. The summed E-state index contributed by atoms with van der Waals surface area (Å²) in [6, 6.07) is 8.21. The van der Waals surface area contributed by atoms with Gasteiger partial charge in [-0.3, -0.25) is 0 Å². The summed E-state index contributed by atoms with van der Waals surface area (Å²) in [4.78, 5) is 2.30. The Kier molecular flexibility index (Phi) is 2.73. The first-order chi connectivity index (χ1) is 8.38. The molecule has 0 N–H and O–H groups in total. The van der Waals surface area contributed by atoms with Crippen LogP contribution in [0.5, 0.6) is 0 Å². The summed E-state index contributed by atoms with van der Waals surface area (Å²) in [6.45, 7) is 3.26. The average molecular weight is 331 g/mol. The fourth-order valence-corrected chi connectivity index (χ4v) is 4.16. The van der Waals surface area contributed by atoms with Gasteiger partial charge in [0.25, 0.3) is 0 Å². The molecule has 0 radical (unpaired) electrons. The standard InChI is InChI=1S/C12H15BrN2O2S/c1-18(16,17)15-8-12(9-15)6-14(7-12)11-4-2-3-10(13)5-11/h2-5H,6-9H2,1H3. The van der Waals surface area contributed by atoms with Crippen LogP contribution in [0.4, 0.5) is 5.69 Å². The SMILES string of the molecule is CS(=O)(=O)N1CC2(CN(c3cccc(Br)c3)C2)C1. The van der Waals surface area contributed by atoms with Crippen molar-refractivity contribution in [1.29, 1.82) is 0 Å². The number of anilines is 1. The minimum Gasteiger partial charge on any atom is -0.370 e. The van der Waals surface area contributed by atoms with Crippen LogP contribution in [0, 0.1) is 5.41 Å². The molecule has 6 heteroatoms. The van der Waals surface area contributed by atoms with Gasteiger partial charge in [0.2, 0.25) is 10.0 Å². The first-order valence-electron chi connectivity index (χ1n) is 5.84. The quantitative estimate of drug-likeness (QED) is 0.825. The number of benzene rings is 1. The van der Waals surface area contributed by atoms with E-state index >= 15 is 0 Å². The van der Waals surface area contributed by atoms with Crippen molar-refractivity contribution in [2.24, 2.45) is 5.41 Å². The summed E-state index contributed by atoms with van der Waals surface area (Å²) in [5.74, 6) is 0. The Balaban J connectivity index is 1.62. The van der Waals surface area contributed by atoms with Crippen molar-refractivity contribution >= 4 is 31.6 Å². The second-order valence-electron chi connectivity index (χ2n) is 5.37. The Hall–Kier alpha value is -0.590. The molecule has 0 unspecified atom stereocenters. The Labute approximate surface area is 116 Å². The molecule has 18 heavy (non-hydrogen) atoms. The molecule has 2 fully saturated rings. The van der Waals surface area contributed by atoms with E-state index in [2.05, 4.69) is 33.0 Å². The average Bonchev–Trinajstić information content (AvgIpc) is 2.10. The van der Waals surface area contributed by atoms with Crippen molar-refractivity contribution in [3.63, 3.8) is 0 Å². The molecular weight excluding hydrogens is 316 g/mol. The number of halogens is 1. The molecule has 2 aliphatic rings. The largest absolute Gasteiger partial charge is 0.370 e. The van der Waals surface area contributed by atoms with Crippen molar-refractivity contribution in [2.75, 3.05) is 37.3 Å². The number of nitrogens with zero attached hydrogens (tertiary/aromatic N) is 2. The van der Waals surface area contributed by atoms with E-state index < -0.39 is 10.0 Å². The van der Waals surface area contributed by atoms with Gasteiger partial charge in [-0.15, -0.1) is 0 Å². The zero-order valence-corrected chi connectivity index (χ0v) is 12.5. The van der Waals surface area contributed by atoms with E-state index in [1.807, 2.05) is 12.1 Å². The van der Waals surface area contributed by atoms with Gasteiger partial charge in [0.05, 0.1) is 6.26 Å². The van der Waals surface area contributed by atoms with E-state index in [1.54, 1.807) is 4.31 Å². The van der Waals surface area contributed by atoms with Crippen LogP contribution in [-0.4, -0.2) is 45.2 Å². The third kappa shape index (κ3) is 2.06. The molecule has 0 amide bonds. The van der Waals surface area contributed by atoms with E-state index in [9.17, 15) is 8.42 Å². The molecule has 2 heterocycles. The molecular formula is C12H15BrN2O2S. The lowest BCUT2D eigenvalue weighted by Gasteiger charge is -2.60. The van der Waals surface area contributed by atoms with Crippen LogP contribution < -0.4 is 4.90 Å². The van der Waals surface area contributed by atoms with Gasteiger partial charge in [-0.25, -0.2) is 12.7 Å². The summed E-state index contributed by atoms with van der Waals surface area (Å²) < 4.78 is 25.3. The molecule has 2 saturated heterocycles. The second kappa shape index (κ2) is 3.95. The van der Waals surface area contributed by atoms with Gasteiger partial charge in [0.15, 0.2) is 0 Å². The molecule has 0 atom stereocenters. The number of sulfonamides is 1. The number of rotatable bonds is 2. The van der Waals surface area contributed by atoms with Crippen LogP contribution in [0.3, 0.4) is 0 Å². The maximum Gasteiger partial charge on any atom is 0.211 e. The zero-order valence-electron chi connectivity index (χ0n) is 10.1. The van der Waals surface area contributed by atoms with Crippen molar-refractivity contribution in [3.8, 4) is 0 Å². The minimum atomic E-state index is -2.99. The predicted molar refractivity (Wildman–Crippen MR) is 75.2 cm³/mol. The highest BCUT2D eigenvalue weighted by Gasteiger charge is 2.54. The van der Waals surface area contributed by atoms with Gasteiger partial charge >= 0.3 is 0 Å². The molecule has 2 aliphatic heterocycles. The van der Waals surface area contributed by atoms with Crippen molar-refractivity contribution < 1.29 is 8.42 Å². The van der Waals surface area contributed by atoms with Crippen molar-refractivity contribution in [3.05, 3.63) is 28.7 Å². The molecule has 1 aromatic carbocycles. The molecule has 3 rings (SSSR count). The van der Waals surface area contributed by atoms with Crippen molar-refractivity contribution in [1.82, 2.24) is 4.31 Å². The second-order valence-corrected chi connectivity index (χ2v) is 8.27. The lowest BCUT2D eigenvalue weighted by molar-refractivity contribution is 0.0400. The van der Waals surface area contributed by atoms with Gasteiger partial charge in [-0.2, -0.15) is 0 Å². The summed E-state index contributed by atoms with van der Waals surface area (Å²) in [5.41, 5.74) is 1.40. The maximum atomic E-state index is 11.3. The third-order valence-corrected chi connectivity index (χ3v) is 5.41. The Morgan fingerprint density at radius 3 is 2.44 bits per heavy atom. The molecule has 4 nitrogen and oxygen atoms in total. The van der Waals surface area contributed by atoms with Gasteiger partial charge < -0.3 is 4.90 Å². The monoisotopic (exact) mass is 330 g/mol. The minimum absolute atomic E-state index is 0.200. The highest BCUT2D eigenvalue weighted by molar-refractivity contribution is 9.10. The van der Waals surface area contributed by atoms with Gasteiger partial charge in [-0.05, 0) is 18.2 Å².